The second-order valence-electron chi connectivity index (χ2n) is 7.37. The summed E-state index contributed by atoms with van der Waals surface area (Å²) in [6.45, 7) is -0.452. The van der Waals surface area contributed by atoms with Crippen molar-refractivity contribution < 1.29 is 22.7 Å². The normalized spacial score (nSPS) is 14.9. The first-order chi connectivity index (χ1) is 16.9. The Kier molecular flexibility index (Phi) is 7.27. The van der Waals surface area contributed by atoms with Gasteiger partial charge < -0.3 is 10.1 Å². The zero-order chi connectivity index (χ0) is 24.7. The third-order valence-electron chi connectivity index (χ3n) is 4.80. The largest absolute Gasteiger partial charge is 0.456 e. The molecule has 1 amide bonds. The van der Waals surface area contributed by atoms with Crippen molar-refractivity contribution in [1.29, 1.82) is 0 Å². The van der Waals surface area contributed by atoms with Crippen LogP contribution in [0, 0.1) is 0 Å². The van der Waals surface area contributed by atoms with E-state index in [1.165, 1.54) is 6.07 Å². The Morgan fingerprint density at radius 1 is 0.857 bits per heavy atom. The van der Waals surface area contributed by atoms with E-state index >= 15 is 0 Å². The van der Waals surface area contributed by atoms with E-state index in [9.17, 15) is 18.0 Å². The van der Waals surface area contributed by atoms with Gasteiger partial charge in [-0.3, -0.25) is 19.3 Å². The topological polar surface area (TPSA) is 139 Å². The van der Waals surface area contributed by atoms with Crippen molar-refractivity contribution in [3.63, 3.8) is 0 Å². The summed E-state index contributed by atoms with van der Waals surface area (Å²) in [5.41, 5.74) is 2.32. The molecule has 2 N–H and O–H groups in total. The number of azo groups is 1. The number of hydrogen-bond donors (Lipinski definition) is 2. The Bertz CT molecular complexity index is 1390. The number of amidine groups is 1. The summed E-state index contributed by atoms with van der Waals surface area (Å²) in [6.07, 6.45) is -0.109. The van der Waals surface area contributed by atoms with Crippen LogP contribution in [0.5, 0.6) is 0 Å². The van der Waals surface area contributed by atoms with E-state index in [-0.39, 0.29) is 23.7 Å². The smallest absolute Gasteiger partial charge is 0.308 e. The summed E-state index contributed by atoms with van der Waals surface area (Å²) < 4.78 is 31.5. The van der Waals surface area contributed by atoms with Gasteiger partial charge in [0.05, 0.1) is 29.2 Å². The molecule has 11 heteroatoms. The molecule has 0 saturated carbocycles. The lowest BCUT2D eigenvalue weighted by Gasteiger charge is -2.06. The molecule has 0 aromatic heterocycles. The molecule has 3 aromatic rings. The number of nitrogens with zero attached hydrogens (tertiary/aromatic N) is 3. The zero-order valence-corrected chi connectivity index (χ0v) is 19.2. The first kappa shape index (κ1) is 23.8. The third kappa shape index (κ3) is 6.36. The molecule has 4 rings (SSSR count). The molecule has 3 aromatic carbocycles. The number of carbonyl (C=O) groups is 2. The van der Waals surface area contributed by atoms with E-state index in [0.29, 0.717) is 16.9 Å². The highest BCUT2D eigenvalue weighted by Gasteiger charge is 2.29. The molecule has 0 radical (unpaired) electrons. The lowest BCUT2D eigenvalue weighted by Crippen LogP contribution is -2.23. The van der Waals surface area contributed by atoms with Gasteiger partial charge in [-0.25, -0.2) is 8.42 Å². The number of carbonyl (C=O) groups excluding carboxylic acids is 2. The van der Waals surface area contributed by atoms with Gasteiger partial charge in [0.15, 0.2) is 6.61 Å². The number of fused-ring (bicyclic) bond motifs is 1. The highest BCUT2D eigenvalue weighted by molar-refractivity contribution is 7.90. The molecule has 0 bridgehead atoms. The predicted octanol–water partition coefficient (Wildman–Crippen LogP) is 3.71. The molecule has 178 valence electrons. The van der Waals surface area contributed by atoms with Crippen molar-refractivity contribution in [3.05, 3.63) is 84.4 Å². The number of anilines is 1. The third-order valence-corrected chi connectivity index (χ3v) is 6.20. The fourth-order valence-electron chi connectivity index (χ4n) is 3.15. The minimum atomic E-state index is -3.64. The fraction of sp³-hybridized carbons (Fsp3) is 0.125. The minimum absolute atomic E-state index is 0.00559. The number of hydrogen-bond acceptors (Lipinski definition) is 8. The number of aliphatic imine (C=N–C) groups is 1. The van der Waals surface area contributed by atoms with E-state index in [0.717, 1.165) is 5.69 Å². The quantitative estimate of drug-likeness (QED) is 0.365. The summed E-state index contributed by atoms with van der Waals surface area (Å²) >= 11 is 0. The van der Waals surface area contributed by atoms with Gasteiger partial charge >= 0.3 is 5.97 Å². The Balaban J connectivity index is 1.21. The van der Waals surface area contributed by atoms with Crippen molar-refractivity contribution in [2.45, 2.75) is 11.3 Å². The van der Waals surface area contributed by atoms with Gasteiger partial charge in [-0.05, 0) is 48.5 Å². The first-order valence-electron chi connectivity index (χ1n) is 10.6. The molecule has 10 nitrogen and oxygen atoms in total. The van der Waals surface area contributed by atoms with Gasteiger partial charge in [0.25, 0.3) is 15.9 Å². The number of rotatable bonds is 8. The number of amides is 1. The zero-order valence-electron chi connectivity index (χ0n) is 18.4. The van der Waals surface area contributed by atoms with Crippen LogP contribution < -0.4 is 10.0 Å². The van der Waals surface area contributed by atoms with Gasteiger partial charge in [-0.1, -0.05) is 30.3 Å². The number of ether oxygens (including phenoxy) is 1. The number of sulfonamides is 1. The molecule has 0 unspecified atom stereocenters. The van der Waals surface area contributed by atoms with Crippen LogP contribution in [0.1, 0.15) is 12.0 Å². The van der Waals surface area contributed by atoms with Crippen LogP contribution in [0.4, 0.5) is 17.1 Å². The Morgan fingerprint density at radius 3 is 2.26 bits per heavy atom. The first-order valence-corrected chi connectivity index (χ1v) is 12.1. The maximum absolute atomic E-state index is 12.1. The van der Waals surface area contributed by atoms with Gasteiger partial charge in [0.2, 0.25) is 0 Å². The Hall–Kier alpha value is -4.38. The summed E-state index contributed by atoms with van der Waals surface area (Å²) in [5, 5.41) is 10.9. The molecule has 0 fully saturated rings. The van der Waals surface area contributed by atoms with Crippen molar-refractivity contribution in [3.8, 4) is 0 Å². The van der Waals surface area contributed by atoms with Gasteiger partial charge in [-0.2, -0.15) is 10.2 Å². The molecule has 0 aliphatic carbocycles. The lowest BCUT2D eigenvalue weighted by molar-refractivity contribution is -0.147. The fourth-order valence-corrected chi connectivity index (χ4v) is 4.40. The molecule has 0 spiro atoms. The van der Waals surface area contributed by atoms with Crippen LogP contribution in [0.3, 0.4) is 0 Å². The van der Waals surface area contributed by atoms with Crippen molar-refractivity contribution in [2.24, 2.45) is 15.2 Å². The molecule has 0 saturated heterocycles. The van der Waals surface area contributed by atoms with Crippen molar-refractivity contribution in [1.82, 2.24) is 4.72 Å². The summed E-state index contributed by atoms with van der Waals surface area (Å²) in [5.74, 6) is -0.950. The van der Waals surface area contributed by atoms with Gasteiger partial charge in [0.1, 0.15) is 5.84 Å². The van der Waals surface area contributed by atoms with Crippen LogP contribution >= 0.6 is 0 Å². The number of esters is 1. The van der Waals surface area contributed by atoms with Gasteiger partial charge in [-0.15, -0.1) is 0 Å². The summed E-state index contributed by atoms with van der Waals surface area (Å²) in [6, 6.07) is 22.4. The van der Waals surface area contributed by atoms with Crippen LogP contribution in [-0.4, -0.2) is 39.3 Å². The lowest BCUT2D eigenvalue weighted by atomic mass is 10.2. The van der Waals surface area contributed by atoms with Gasteiger partial charge in [0, 0.05) is 11.3 Å². The molecule has 35 heavy (non-hydrogen) atoms. The van der Waals surface area contributed by atoms with Crippen molar-refractivity contribution in [2.75, 3.05) is 18.5 Å². The summed E-state index contributed by atoms with van der Waals surface area (Å²) in [4.78, 5) is 28.3. The Morgan fingerprint density at radius 2 is 1.51 bits per heavy atom. The summed E-state index contributed by atoms with van der Waals surface area (Å²) in [7, 11) is -3.64. The molecule has 1 heterocycles. The molecular formula is C24H21N5O5S. The second kappa shape index (κ2) is 10.7. The average molecular weight is 492 g/mol. The SMILES string of the molecule is O=C(COC(=O)CCN=C1NS(=O)(=O)c2ccccc21)Nc1ccc(N=Nc2ccccc2)cc1. The molecular weight excluding hydrogens is 470 g/mol. The molecule has 1 aliphatic rings. The number of nitrogens with one attached hydrogen (secondary N) is 2. The second-order valence-corrected chi connectivity index (χ2v) is 9.02. The highest BCUT2D eigenvalue weighted by Crippen LogP contribution is 2.22. The van der Waals surface area contributed by atoms with E-state index in [2.05, 4.69) is 25.3 Å². The van der Waals surface area contributed by atoms with E-state index in [4.69, 9.17) is 4.74 Å². The monoisotopic (exact) mass is 491 g/mol. The highest BCUT2D eigenvalue weighted by atomic mass is 32.2. The van der Waals surface area contributed by atoms with E-state index < -0.39 is 28.5 Å². The van der Waals surface area contributed by atoms with Crippen LogP contribution in [-0.2, 0) is 24.3 Å². The van der Waals surface area contributed by atoms with E-state index in [1.807, 2.05) is 30.3 Å². The Labute approximate surface area is 201 Å². The van der Waals surface area contributed by atoms with Crippen LogP contribution in [0.2, 0.25) is 0 Å². The molecule has 0 atom stereocenters. The van der Waals surface area contributed by atoms with Crippen LogP contribution in [0.15, 0.2) is 99.0 Å². The maximum Gasteiger partial charge on any atom is 0.308 e. The van der Waals surface area contributed by atoms with E-state index in [1.54, 1.807) is 42.5 Å². The average Bonchev–Trinajstić information content (AvgIpc) is 3.13. The standard InChI is InChI=1S/C24H21N5O5S/c30-22(26-17-10-12-19(13-11-17)28-27-18-6-2-1-3-7-18)16-34-23(31)14-15-25-24-20-8-4-5-9-21(20)35(32,33)29-24/h1-13H,14-16H2,(H,25,29)(H,26,30). The predicted molar refractivity (Wildman–Crippen MR) is 129 cm³/mol. The maximum atomic E-state index is 12.1. The molecule has 1 aliphatic heterocycles. The minimum Gasteiger partial charge on any atom is -0.456 e. The number of benzene rings is 3. The van der Waals surface area contributed by atoms with Crippen molar-refractivity contribution >= 4 is 44.8 Å². The van der Waals surface area contributed by atoms with Crippen LogP contribution in [0.25, 0.3) is 0 Å².